The van der Waals surface area contributed by atoms with E-state index < -0.39 is 5.91 Å². The Balaban J connectivity index is 1.74. The zero-order valence-corrected chi connectivity index (χ0v) is 14.0. The number of pyridine rings is 1. The van der Waals surface area contributed by atoms with Gasteiger partial charge in [0.2, 0.25) is 5.91 Å². The summed E-state index contributed by atoms with van der Waals surface area (Å²) in [5, 5.41) is 0.951. The highest BCUT2D eigenvalue weighted by Crippen LogP contribution is 2.25. The molecule has 2 aromatic heterocycles. The Kier molecular flexibility index (Phi) is 4.07. The van der Waals surface area contributed by atoms with Crippen molar-refractivity contribution in [2.45, 2.75) is 0 Å². The summed E-state index contributed by atoms with van der Waals surface area (Å²) in [7, 11) is 0. The van der Waals surface area contributed by atoms with Crippen LogP contribution in [0.1, 0.15) is 11.1 Å². The Morgan fingerprint density at radius 2 is 1.65 bits per heavy atom. The Morgan fingerprint density at radius 3 is 2.38 bits per heavy atom. The number of carbonyl (C=O) groups excluding carboxylic acids is 1. The molecule has 4 nitrogen and oxygen atoms in total. The quantitative estimate of drug-likeness (QED) is 0.545. The highest BCUT2D eigenvalue weighted by Gasteiger charge is 2.11. The molecule has 4 heteroatoms. The molecule has 0 spiro atoms. The molecule has 3 N–H and O–H groups in total. The van der Waals surface area contributed by atoms with Crippen molar-refractivity contribution in [1.82, 2.24) is 9.97 Å². The number of aromatic nitrogens is 2. The van der Waals surface area contributed by atoms with E-state index in [9.17, 15) is 4.79 Å². The molecule has 126 valence electrons. The summed E-state index contributed by atoms with van der Waals surface area (Å²) in [4.78, 5) is 19.4. The van der Waals surface area contributed by atoms with Crippen LogP contribution in [0.3, 0.4) is 0 Å². The number of primary amides is 1. The molecule has 0 unspecified atom stereocenters. The van der Waals surface area contributed by atoms with E-state index in [1.165, 1.54) is 0 Å². The van der Waals surface area contributed by atoms with Gasteiger partial charge in [0.25, 0.3) is 0 Å². The van der Waals surface area contributed by atoms with E-state index in [4.69, 9.17) is 5.73 Å². The molecule has 0 saturated carbocycles. The van der Waals surface area contributed by atoms with Crippen LogP contribution >= 0.6 is 0 Å². The van der Waals surface area contributed by atoms with Crippen LogP contribution in [0.25, 0.3) is 33.8 Å². The number of aromatic amines is 1. The number of rotatable bonds is 4. The smallest absolute Gasteiger partial charge is 0.249 e. The summed E-state index contributed by atoms with van der Waals surface area (Å²) in [5.41, 5.74) is 10.8. The molecule has 0 saturated heterocycles. The summed E-state index contributed by atoms with van der Waals surface area (Å²) in [6.07, 6.45) is 5.36. The molecule has 0 atom stereocenters. The van der Waals surface area contributed by atoms with Crippen LogP contribution in [-0.4, -0.2) is 15.9 Å². The van der Waals surface area contributed by atoms with Crippen LogP contribution in [0.4, 0.5) is 0 Å². The predicted octanol–water partition coefficient (Wildman–Crippen LogP) is 4.26. The minimum absolute atomic E-state index is 0.462. The summed E-state index contributed by atoms with van der Waals surface area (Å²) < 4.78 is 0. The average molecular weight is 339 g/mol. The number of fused-ring (bicyclic) bond motifs is 1. The first-order valence-corrected chi connectivity index (χ1v) is 8.32. The summed E-state index contributed by atoms with van der Waals surface area (Å²) in [6, 6.07) is 21.8. The number of H-pyrrole nitrogens is 1. The Hall–Kier alpha value is -3.66. The van der Waals surface area contributed by atoms with E-state index in [0.717, 1.165) is 33.3 Å². The zero-order chi connectivity index (χ0) is 17.9. The minimum atomic E-state index is -0.462. The topological polar surface area (TPSA) is 71.8 Å². The normalized spacial score (nSPS) is 11.6. The van der Waals surface area contributed by atoms with Gasteiger partial charge in [-0.15, -0.1) is 0 Å². The fraction of sp³-hybridized carbons (Fsp3) is 0. The molecule has 2 heterocycles. The summed E-state index contributed by atoms with van der Waals surface area (Å²) >= 11 is 0. The first-order valence-electron chi connectivity index (χ1n) is 8.32. The van der Waals surface area contributed by atoms with Crippen LogP contribution < -0.4 is 5.73 Å². The van der Waals surface area contributed by atoms with Gasteiger partial charge in [-0.1, -0.05) is 54.6 Å². The number of benzene rings is 2. The lowest BCUT2D eigenvalue weighted by molar-refractivity contribution is -0.112. The molecule has 0 aliphatic carbocycles. The van der Waals surface area contributed by atoms with Crippen molar-refractivity contribution < 1.29 is 4.79 Å². The molecular weight excluding hydrogens is 322 g/mol. The van der Waals surface area contributed by atoms with Gasteiger partial charge in [0, 0.05) is 28.9 Å². The second kappa shape index (κ2) is 6.69. The SMILES string of the molecule is NC(=O)/C(=C\c1c[nH]c2ncccc12)c1ccc(-c2ccccc2)cc1. The Bertz CT molecular complexity index is 1090. The maximum absolute atomic E-state index is 12.0. The highest BCUT2D eigenvalue weighted by molar-refractivity contribution is 6.24. The van der Waals surface area contributed by atoms with Crippen molar-refractivity contribution in [2.24, 2.45) is 5.73 Å². The van der Waals surface area contributed by atoms with Gasteiger partial charge >= 0.3 is 0 Å². The average Bonchev–Trinajstić information content (AvgIpc) is 3.10. The van der Waals surface area contributed by atoms with Gasteiger partial charge in [-0.2, -0.15) is 0 Å². The number of nitrogens with two attached hydrogens (primary N) is 1. The third-order valence-corrected chi connectivity index (χ3v) is 4.35. The van der Waals surface area contributed by atoms with E-state index in [1.54, 1.807) is 12.3 Å². The number of nitrogens with zero attached hydrogens (tertiary/aromatic N) is 1. The van der Waals surface area contributed by atoms with Gasteiger partial charge in [-0.3, -0.25) is 4.79 Å². The summed E-state index contributed by atoms with van der Waals surface area (Å²) in [5.74, 6) is -0.462. The molecule has 0 bridgehead atoms. The molecule has 4 aromatic rings. The van der Waals surface area contributed by atoms with Crippen molar-refractivity contribution in [3.63, 3.8) is 0 Å². The zero-order valence-electron chi connectivity index (χ0n) is 14.0. The van der Waals surface area contributed by atoms with E-state index in [1.807, 2.05) is 60.8 Å². The van der Waals surface area contributed by atoms with Crippen molar-refractivity contribution in [3.8, 4) is 11.1 Å². The van der Waals surface area contributed by atoms with Crippen LogP contribution in [0.15, 0.2) is 79.1 Å². The van der Waals surface area contributed by atoms with Crippen molar-refractivity contribution in [2.75, 3.05) is 0 Å². The lowest BCUT2D eigenvalue weighted by atomic mass is 9.98. The number of hydrogen-bond donors (Lipinski definition) is 2. The molecule has 1 amide bonds. The van der Waals surface area contributed by atoms with E-state index in [2.05, 4.69) is 22.1 Å². The maximum atomic E-state index is 12.0. The standard InChI is InChI=1S/C22H17N3O/c23-21(26)20(13-18-14-25-22-19(18)7-4-12-24-22)17-10-8-16(9-11-17)15-5-2-1-3-6-15/h1-14H,(H2,23,26)(H,24,25)/b20-13-. The maximum Gasteiger partial charge on any atom is 0.249 e. The van der Waals surface area contributed by atoms with Gasteiger partial charge in [0.15, 0.2) is 0 Å². The molecule has 2 aromatic carbocycles. The first-order chi connectivity index (χ1) is 12.7. The minimum Gasteiger partial charge on any atom is -0.366 e. The first kappa shape index (κ1) is 15.8. The molecule has 0 fully saturated rings. The molecule has 0 radical (unpaired) electrons. The second-order valence-electron chi connectivity index (χ2n) is 6.01. The number of hydrogen-bond acceptors (Lipinski definition) is 2. The van der Waals surface area contributed by atoms with E-state index in [0.29, 0.717) is 5.57 Å². The molecule has 0 aliphatic rings. The van der Waals surface area contributed by atoms with Gasteiger partial charge in [-0.05, 0) is 34.9 Å². The fourth-order valence-electron chi connectivity index (χ4n) is 3.02. The fourth-order valence-corrected chi connectivity index (χ4v) is 3.02. The number of amides is 1. The predicted molar refractivity (Wildman–Crippen MR) is 105 cm³/mol. The number of carbonyl (C=O) groups is 1. The second-order valence-corrected chi connectivity index (χ2v) is 6.01. The van der Waals surface area contributed by atoms with Crippen LogP contribution in [0.2, 0.25) is 0 Å². The monoisotopic (exact) mass is 339 g/mol. The lowest BCUT2D eigenvalue weighted by Crippen LogP contribution is -2.12. The van der Waals surface area contributed by atoms with Crippen molar-refractivity contribution in [1.29, 1.82) is 0 Å². The number of nitrogens with one attached hydrogen (secondary N) is 1. The van der Waals surface area contributed by atoms with Crippen molar-refractivity contribution in [3.05, 3.63) is 90.3 Å². The summed E-state index contributed by atoms with van der Waals surface area (Å²) in [6.45, 7) is 0. The van der Waals surface area contributed by atoms with Crippen molar-refractivity contribution >= 4 is 28.6 Å². The Labute approximate surface area is 151 Å². The van der Waals surface area contributed by atoms with Crippen LogP contribution in [0.5, 0.6) is 0 Å². The highest BCUT2D eigenvalue weighted by atomic mass is 16.1. The molecule has 0 aliphatic heterocycles. The molecular formula is C22H17N3O. The van der Waals surface area contributed by atoms with Crippen LogP contribution in [-0.2, 0) is 4.79 Å². The largest absolute Gasteiger partial charge is 0.366 e. The third-order valence-electron chi connectivity index (χ3n) is 4.35. The van der Waals surface area contributed by atoms with Crippen LogP contribution in [0, 0.1) is 0 Å². The van der Waals surface area contributed by atoms with E-state index >= 15 is 0 Å². The van der Waals surface area contributed by atoms with Gasteiger partial charge < -0.3 is 10.7 Å². The van der Waals surface area contributed by atoms with E-state index in [-0.39, 0.29) is 0 Å². The van der Waals surface area contributed by atoms with Gasteiger partial charge in [-0.25, -0.2) is 4.98 Å². The third kappa shape index (κ3) is 3.00. The molecule has 4 rings (SSSR count). The molecule has 26 heavy (non-hydrogen) atoms. The van der Waals surface area contributed by atoms with Gasteiger partial charge in [0.1, 0.15) is 5.65 Å². The van der Waals surface area contributed by atoms with Gasteiger partial charge in [0.05, 0.1) is 0 Å². The Morgan fingerprint density at radius 1 is 0.923 bits per heavy atom. The lowest BCUT2D eigenvalue weighted by Gasteiger charge is -2.06.